The quantitative estimate of drug-likeness (QED) is 0.781. The number of fused-ring (bicyclic) bond motifs is 1. The molecule has 0 bridgehead atoms. The van der Waals surface area contributed by atoms with Crippen molar-refractivity contribution in [1.82, 2.24) is 0 Å². The number of rotatable bonds is 1. The smallest absolute Gasteiger partial charge is 0.111 e. The van der Waals surface area contributed by atoms with E-state index in [1.54, 1.807) is 0 Å². The summed E-state index contributed by atoms with van der Waals surface area (Å²) in [5, 5.41) is 21.1. The molecule has 1 N–H and O–H groups in total. The van der Waals surface area contributed by atoms with Crippen molar-refractivity contribution >= 4 is 0 Å². The molecule has 2 aliphatic carbocycles. The van der Waals surface area contributed by atoms with Crippen molar-refractivity contribution < 1.29 is 5.11 Å². The molecule has 0 heterocycles. The first-order valence-electron chi connectivity index (χ1n) is 7.44. The van der Waals surface area contributed by atoms with Crippen molar-refractivity contribution in [2.24, 2.45) is 0 Å². The summed E-state index contributed by atoms with van der Waals surface area (Å²) in [5.41, 5.74) is 0.835. The molecule has 1 saturated carbocycles. The minimum absolute atomic E-state index is 0.673. The van der Waals surface area contributed by atoms with Gasteiger partial charge in [-0.1, -0.05) is 49.9 Å². The van der Waals surface area contributed by atoms with E-state index in [1.807, 2.05) is 12.1 Å². The van der Waals surface area contributed by atoms with Crippen molar-refractivity contribution in [3.05, 3.63) is 35.4 Å². The Morgan fingerprint density at radius 1 is 1.00 bits per heavy atom. The zero-order valence-corrected chi connectivity index (χ0v) is 11.4. The third-order valence-corrected chi connectivity index (χ3v) is 5.16. The molecule has 0 saturated heterocycles. The van der Waals surface area contributed by atoms with Crippen LogP contribution in [0.3, 0.4) is 0 Å². The highest BCUT2D eigenvalue weighted by molar-refractivity contribution is 5.47. The van der Waals surface area contributed by atoms with Gasteiger partial charge >= 0.3 is 0 Å². The monoisotopic (exact) mass is 255 g/mol. The Morgan fingerprint density at radius 2 is 1.68 bits per heavy atom. The number of hydrogen-bond acceptors (Lipinski definition) is 2. The zero-order chi connectivity index (χ0) is 13.3. The lowest BCUT2D eigenvalue weighted by atomic mass is 9.65. The first-order chi connectivity index (χ1) is 9.22. The minimum atomic E-state index is -0.829. The Kier molecular flexibility index (Phi) is 3.11. The van der Waals surface area contributed by atoms with Crippen LogP contribution in [0.5, 0.6) is 0 Å². The highest BCUT2D eigenvalue weighted by Gasteiger charge is 2.54. The number of nitrogens with zero attached hydrogens (tertiary/aromatic N) is 1. The summed E-state index contributed by atoms with van der Waals surface area (Å²) < 4.78 is 0. The first-order valence-corrected chi connectivity index (χ1v) is 7.44. The van der Waals surface area contributed by atoms with Crippen LogP contribution < -0.4 is 0 Å². The highest BCUT2D eigenvalue weighted by atomic mass is 16.3. The first kappa shape index (κ1) is 12.7. The van der Waals surface area contributed by atoms with Crippen molar-refractivity contribution in [1.29, 1.82) is 5.26 Å². The molecule has 1 aromatic rings. The normalized spacial score (nSPS) is 29.3. The van der Waals surface area contributed by atoms with Gasteiger partial charge in [0.25, 0.3) is 0 Å². The van der Waals surface area contributed by atoms with E-state index in [2.05, 4.69) is 18.2 Å². The van der Waals surface area contributed by atoms with Crippen LogP contribution in [0.2, 0.25) is 0 Å². The summed E-state index contributed by atoms with van der Waals surface area (Å²) in [5.74, 6) is 0. The topological polar surface area (TPSA) is 44.0 Å². The number of nitriles is 1. The van der Waals surface area contributed by atoms with Crippen LogP contribution in [0.1, 0.15) is 56.1 Å². The van der Waals surface area contributed by atoms with E-state index in [0.29, 0.717) is 0 Å². The van der Waals surface area contributed by atoms with Gasteiger partial charge in [0.1, 0.15) is 5.41 Å². The van der Waals surface area contributed by atoms with Gasteiger partial charge in [0.05, 0.1) is 11.7 Å². The van der Waals surface area contributed by atoms with Gasteiger partial charge in [-0.15, -0.1) is 0 Å². The maximum atomic E-state index is 11.2. The standard InChI is InChI=1S/C17H21NO/c18-13-16(17(19)10-5-1-2-6-11-17)12-9-14-7-3-4-8-15(14)16/h3-4,7-8,19H,1-2,5-6,9-12H2. The van der Waals surface area contributed by atoms with Crippen LogP contribution >= 0.6 is 0 Å². The lowest BCUT2D eigenvalue weighted by Gasteiger charge is -2.40. The van der Waals surface area contributed by atoms with E-state index in [1.165, 1.54) is 18.4 Å². The molecule has 1 aromatic carbocycles. The lowest BCUT2D eigenvalue weighted by molar-refractivity contribution is -0.0303. The largest absolute Gasteiger partial charge is 0.388 e. The molecular formula is C17H21NO. The van der Waals surface area contributed by atoms with Gasteiger partial charge < -0.3 is 5.11 Å². The van der Waals surface area contributed by atoms with Crippen LogP contribution in [-0.2, 0) is 11.8 Å². The summed E-state index contributed by atoms with van der Waals surface area (Å²) >= 11 is 0. The fourth-order valence-electron chi connectivity index (χ4n) is 4.06. The van der Waals surface area contributed by atoms with Crippen LogP contribution in [0, 0.1) is 11.3 Å². The Balaban J connectivity index is 2.08. The Morgan fingerprint density at radius 3 is 2.37 bits per heavy atom. The van der Waals surface area contributed by atoms with E-state index in [0.717, 1.165) is 44.1 Å². The SMILES string of the molecule is N#CC1(C2(O)CCCCCC2)CCc2ccccc21. The number of hydrogen-bond donors (Lipinski definition) is 1. The van der Waals surface area contributed by atoms with Crippen LogP contribution in [0.25, 0.3) is 0 Å². The van der Waals surface area contributed by atoms with E-state index in [-0.39, 0.29) is 0 Å². The van der Waals surface area contributed by atoms with E-state index >= 15 is 0 Å². The second kappa shape index (κ2) is 4.65. The number of aliphatic hydroxyl groups is 1. The Hall–Kier alpha value is -1.33. The molecule has 2 nitrogen and oxygen atoms in total. The maximum absolute atomic E-state index is 11.2. The number of aryl methyl sites for hydroxylation is 1. The van der Waals surface area contributed by atoms with Crippen molar-refractivity contribution in [2.45, 2.75) is 62.4 Å². The van der Waals surface area contributed by atoms with Gasteiger partial charge in [0.2, 0.25) is 0 Å². The van der Waals surface area contributed by atoms with E-state index in [9.17, 15) is 10.4 Å². The molecule has 1 atom stereocenters. The predicted octanol–water partition coefficient (Wildman–Crippen LogP) is 3.48. The molecular weight excluding hydrogens is 234 g/mol. The molecule has 2 heteroatoms. The van der Waals surface area contributed by atoms with Crippen molar-refractivity contribution in [3.8, 4) is 6.07 Å². The molecule has 2 aliphatic rings. The highest BCUT2D eigenvalue weighted by Crippen LogP contribution is 2.50. The Labute approximate surface area is 115 Å². The maximum Gasteiger partial charge on any atom is 0.111 e. The lowest BCUT2D eigenvalue weighted by Crippen LogP contribution is -2.49. The molecule has 3 rings (SSSR count). The predicted molar refractivity (Wildman–Crippen MR) is 74.7 cm³/mol. The molecule has 0 amide bonds. The van der Waals surface area contributed by atoms with Crippen LogP contribution in [-0.4, -0.2) is 10.7 Å². The van der Waals surface area contributed by atoms with E-state index in [4.69, 9.17) is 0 Å². The van der Waals surface area contributed by atoms with Crippen LogP contribution in [0.4, 0.5) is 0 Å². The van der Waals surface area contributed by atoms with E-state index < -0.39 is 11.0 Å². The van der Waals surface area contributed by atoms with Gasteiger partial charge in [0, 0.05) is 0 Å². The Bertz CT molecular complexity index is 508. The average molecular weight is 255 g/mol. The molecule has 19 heavy (non-hydrogen) atoms. The van der Waals surface area contributed by atoms with Gasteiger partial charge in [-0.05, 0) is 36.8 Å². The zero-order valence-electron chi connectivity index (χ0n) is 11.4. The van der Waals surface area contributed by atoms with Gasteiger partial charge in [-0.3, -0.25) is 0 Å². The molecule has 1 fully saturated rings. The number of benzene rings is 1. The van der Waals surface area contributed by atoms with Gasteiger partial charge in [-0.25, -0.2) is 0 Å². The summed E-state index contributed by atoms with van der Waals surface area (Å²) in [6.45, 7) is 0. The fourth-order valence-corrected chi connectivity index (χ4v) is 4.06. The fraction of sp³-hybridized carbons (Fsp3) is 0.588. The molecule has 0 radical (unpaired) electrons. The molecule has 1 unspecified atom stereocenters. The second-order valence-corrected chi connectivity index (χ2v) is 6.12. The third-order valence-electron chi connectivity index (χ3n) is 5.16. The molecule has 100 valence electrons. The summed E-state index contributed by atoms with van der Waals surface area (Å²) in [6, 6.07) is 10.7. The molecule has 0 aliphatic heterocycles. The minimum Gasteiger partial charge on any atom is -0.388 e. The summed E-state index contributed by atoms with van der Waals surface area (Å²) in [7, 11) is 0. The van der Waals surface area contributed by atoms with Crippen molar-refractivity contribution in [2.75, 3.05) is 0 Å². The summed E-state index contributed by atoms with van der Waals surface area (Å²) in [4.78, 5) is 0. The molecule has 0 spiro atoms. The van der Waals surface area contributed by atoms with Gasteiger partial charge in [-0.2, -0.15) is 5.26 Å². The van der Waals surface area contributed by atoms with Crippen molar-refractivity contribution in [3.63, 3.8) is 0 Å². The average Bonchev–Trinajstić information content (AvgIpc) is 2.69. The van der Waals surface area contributed by atoms with Gasteiger partial charge in [0.15, 0.2) is 0 Å². The third kappa shape index (κ3) is 1.80. The molecule has 0 aromatic heterocycles. The second-order valence-electron chi connectivity index (χ2n) is 6.12. The van der Waals surface area contributed by atoms with Crippen LogP contribution in [0.15, 0.2) is 24.3 Å². The summed E-state index contributed by atoms with van der Waals surface area (Å²) in [6.07, 6.45) is 7.70.